The molecule has 0 radical (unpaired) electrons. The fraction of sp³-hybridized carbons (Fsp3) is 0.611. The fourth-order valence-electron chi connectivity index (χ4n) is 4.17. The number of hydrogen-bond acceptors (Lipinski definition) is 2. The second-order valence-corrected chi connectivity index (χ2v) is 6.70. The second-order valence-electron chi connectivity index (χ2n) is 6.70. The number of carbonyl (C=O) groups is 1. The molecule has 21 heavy (non-hydrogen) atoms. The summed E-state index contributed by atoms with van der Waals surface area (Å²) in [6.07, 6.45) is 6.11. The molecule has 1 aromatic rings. The lowest BCUT2D eigenvalue weighted by Gasteiger charge is -2.48. The molecule has 2 N–H and O–H groups in total. The largest absolute Gasteiger partial charge is 0.338 e. The Hall–Kier alpha value is -1.35. The van der Waals surface area contributed by atoms with E-state index in [1.54, 1.807) is 0 Å². The van der Waals surface area contributed by atoms with Gasteiger partial charge in [-0.1, -0.05) is 50.1 Å². The van der Waals surface area contributed by atoms with E-state index in [4.69, 9.17) is 5.73 Å². The molecule has 1 aliphatic carbocycles. The summed E-state index contributed by atoms with van der Waals surface area (Å²) in [7, 11) is 0. The molecule has 2 aliphatic rings. The monoisotopic (exact) mass is 286 g/mol. The van der Waals surface area contributed by atoms with Crippen LogP contribution < -0.4 is 5.73 Å². The van der Waals surface area contributed by atoms with Gasteiger partial charge in [-0.25, -0.2) is 0 Å². The first-order chi connectivity index (χ1) is 10.2. The molecule has 4 unspecified atom stereocenters. The lowest BCUT2D eigenvalue weighted by atomic mass is 9.72. The Kier molecular flexibility index (Phi) is 4.29. The van der Waals surface area contributed by atoms with Crippen LogP contribution in [0.15, 0.2) is 30.3 Å². The highest BCUT2D eigenvalue weighted by Gasteiger charge is 2.40. The molecule has 1 aliphatic heterocycles. The van der Waals surface area contributed by atoms with E-state index < -0.39 is 6.04 Å². The Labute approximate surface area is 127 Å². The highest BCUT2D eigenvalue weighted by Crippen LogP contribution is 2.39. The van der Waals surface area contributed by atoms with Crippen LogP contribution in [0.5, 0.6) is 0 Å². The van der Waals surface area contributed by atoms with Crippen molar-refractivity contribution in [3.05, 3.63) is 35.9 Å². The number of piperidine rings is 1. The zero-order chi connectivity index (χ0) is 14.8. The van der Waals surface area contributed by atoms with Crippen molar-refractivity contribution in [2.45, 2.75) is 51.1 Å². The van der Waals surface area contributed by atoms with Gasteiger partial charge in [-0.3, -0.25) is 4.79 Å². The highest BCUT2D eigenvalue weighted by molar-refractivity contribution is 5.83. The van der Waals surface area contributed by atoms with E-state index in [1.807, 2.05) is 30.3 Å². The first-order valence-corrected chi connectivity index (χ1v) is 8.29. The van der Waals surface area contributed by atoms with Crippen molar-refractivity contribution in [3.8, 4) is 0 Å². The standard InChI is InChI=1S/C18H26N2O/c1-13-11-12-20(16-10-6-5-9-15(13)16)18(21)17(19)14-7-3-2-4-8-14/h2-4,7-8,13,15-17H,5-6,9-12,19H2,1H3. The summed E-state index contributed by atoms with van der Waals surface area (Å²) in [5.41, 5.74) is 7.16. The summed E-state index contributed by atoms with van der Waals surface area (Å²) < 4.78 is 0. The third kappa shape index (κ3) is 2.84. The van der Waals surface area contributed by atoms with E-state index in [2.05, 4.69) is 11.8 Å². The highest BCUT2D eigenvalue weighted by atomic mass is 16.2. The summed E-state index contributed by atoms with van der Waals surface area (Å²) in [5.74, 6) is 1.54. The zero-order valence-corrected chi connectivity index (χ0v) is 12.9. The number of likely N-dealkylation sites (tertiary alicyclic amines) is 1. The van der Waals surface area contributed by atoms with Crippen molar-refractivity contribution >= 4 is 5.91 Å². The minimum absolute atomic E-state index is 0.116. The molecule has 2 fully saturated rings. The second kappa shape index (κ2) is 6.18. The molecule has 3 heteroatoms. The Morgan fingerprint density at radius 2 is 1.90 bits per heavy atom. The van der Waals surface area contributed by atoms with Gasteiger partial charge in [0.2, 0.25) is 5.91 Å². The number of fused-ring (bicyclic) bond motifs is 1. The van der Waals surface area contributed by atoms with Gasteiger partial charge in [0.1, 0.15) is 6.04 Å². The smallest absolute Gasteiger partial charge is 0.244 e. The number of amides is 1. The van der Waals surface area contributed by atoms with Gasteiger partial charge in [-0.15, -0.1) is 0 Å². The molecule has 1 saturated heterocycles. The molecule has 114 valence electrons. The van der Waals surface area contributed by atoms with Crippen molar-refractivity contribution in [1.82, 2.24) is 4.90 Å². The summed E-state index contributed by atoms with van der Waals surface area (Å²) in [6, 6.07) is 9.67. The van der Waals surface area contributed by atoms with Crippen LogP contribution >= 0.6 is 0 Å². The topological polar surface area (TPSA) is 46.3 Å². The van der Waals surface area contributed by atoms with Crippen LogP contribution in [-0.2, 0) is 4.79 Å². The lowest BCUT2D eigenvalue weighted by molar-refractivity contribution is -0.140. The lowest BCUT2D eigenvalue weighted by Crippen LogP contribution is -2.54. The molecule has 3 nitrogen and oxygen atoms in total. The molecule has 3 rings (SSSR count). The van der Waals surface area contributed by atoms with Gasteiger partial charge in [0.05, 0.1) is 0 Å². The van der Waals surface area contributed by atoms with E-state index in [0.717, 1.165) is 30.9 Å². The number of nitrogens with two attached hydrogens (primary N) is 1. The van der Waals surface area contributed by atoms with Crippen molar-refractivity contribution in [2.24, 2.45) is 17.6 Å². The number of benzene rings is 1. The van der Waals surface area contributed by atoms with Crippen LogP contribution in [0, 0.1) is 11.8 Å². The normalized spacial score (nSPS) is 30.6. The molecule has 0 bridgehead atoms. The van der Waals surface area contributed by atoms with Gasteiger partial charge in [0.25, 0.3) is 0 Å². The Morgan fingerprint density at radius 3 is 2.67 bits per heavy atom. The van der Waals surface area contributed by atoms with Crippen LogP contribution in [0.2, 0.25) is 0 Å². The zero-order valence-electron chi connectivity index (χ0n) is 12.9. The average molecular weight is 286 g/mol. The van der Waals surface area contributed by atoms with E-state index in [-0.39, 0.29) is 5.91 Å². The first-order valence-electron chi connectivity index (χ1n) is 8.29. The average Bonchev–Trinajstić information content (AvgIpc) is 2.55. The molecule has 1 amide bonds. The maximum atomic E-state index is 12.9. The maximum absolute atomic E-state index is 12.9. The molecule has 0 spiro atoms. The SMILES string of the molecule is CC1CCN(C(=O)C(N)c2ccccc2)C2CCCCC12. The number of hydrogen-bond donors (Lipinski definition) is 1. The minimum atomic E-state index is -0.512. The van der Waals surface area contributed by atoms with E-state index in [0.29, 0.717) is 12.0 Å². The summed E-state index contributed by atoms with van der Waals surface area (Å²) >= 11 is 0. The fourth-order valence-corrected chi connectivity index (χ4v) is 4.17. The van der Waals surface area contributed by atoms with Gasteiger partial charge < -0.3 is 10.6 Å². The molecular formula is C18H26N2O. The van der Waals surface area contributed by atoms with Crippen molar-refractivity contribution in [3.63, 3.8) is 0 Å². The molecular weight excluding hydrogens is 260 g/mol. The Morgan fingerprint density at radius 1 is 1.19 bits per heavy atom. The maximum Gasteiger partial charge on any atom is 0.244 e. The molecule has 1 heterocycles. The molecule has 1 aromatic carbocycles. The number of rotatable bonds is 2. The van der Waals surface area contributed by atoms with Gasteiger partial charge in [0.15, 0.2) is 0 Å². The van der Waals surface area contributed by atoms with Crippen molar-refractivity contribution in [1.29, 1.82) is 0 Å². The quantitative estimate of drug-likeness (QED) is 0.908. The first kappa shape index (κ1) is 14.6. The van der Waals surface area contributed by atoms with E-state index in [1.165, 1.54) is 19.3 Å². The van der Waals surface area contributed by atoms with Crippen LogP contribution in [-0.4, -0.2) is 23.4 Å². The van der Waals surface area contributed by atoms with Gasteiger partial charge in [-0.05, 0) is 36.7 Å². The van der Waals surface area contributed by atoms with Crippen LogP contribution in [0.25, 0.3) is 0 Å². The van der Waals surface area contributed by atoms with Gasteiger partial charge in [0, 0.05) is 12.6 Å². The van der Waals surface area contributed by atoms with Crippen LogP contribution in [0.4, 0.5) is 0 Å². The molecule has 4 atom stereocenters. The number of carbonyl (C=O) groups excluding carboxylic acids is 1. The third-order valence-electron chi connectivity index (χ3n) is 5.45. The van der Waals surface area contributed by atoms with Crippen molar-refractivity contribution in [2.75, 3.05) is 6.54 Å². The minimum Gasteiger partial charge on any atom is -0.338 e. The molecule has 1 saturated carbocycles. The molecule has 0 aromatic heterocycles. The summed E-state index contributed by atoms with van der Waals surface area (Å²) in [6.45, 7) is 3.23. The van der Waals surface area contributed by atoms with Crippen molar-refractivity contribution < 1.29 is 4.79 Å². The summed E-state index contributed by atoms with van der Waals surface area (Å²) in [5, 5.41) is 0. The van der Waals surface area contributed by atoms with Gasteiger partial charge >= 0.3 is 0 Å². The third-order valence-corrected chi connectivity index (χ3v) is 5.45. The predicted molar refractivity (Wildman–Crippen MR) is 84.6 cm³/mol. The van der Waals surface area contributed by atoms with Gasteiger partial charge in [-0.2, -0.15) is 0 Å². The van der Waals surface area contributed by atoms with E-state index >= 15 is 0 Å². The van der Waals surface area contributed by atoms with Crippen LogP contribution in [0.3, 0.4) is 0 Å². The predicted octanol–water partition coefficient (Wildman–Crippen LogP) is 3.11. The Bertz CT molecular complexity index is 487. The Balaban J connectivity index is 1.77. The van der Waals surface area contributed by atoms with Crippen LogP contribution in [0.1, 0.15) is 50.6 Å². The summed E-state index contributed by atoms with van der Waals surface area (Å²) in [4.78, 5) is 15.0. The van der Waals surface area contributed by atoms with E-state index in [9.17, 15) is 4.79 Å². The number of nitrogens with zero attached hydrogens (tertiary/aromatic N) is 1.